The van der Waals surface area contributed by atoms with E-state index in [0.717, 1.165) is 31.7 Å². The van der Waals surface area contributed by atoms with Gasteiger partial charge >= 0.3 is 0 Å². The number of halogens is 1. The van der Waals surface area contributed by atoms with Crippen LogP contribution in [0, 0.1) is 17.4 Å². The van der Waals surface area contributed by atoms with Gasteiger partial charge in [0.05, 0.1) is 7.11 Å². The molecule has 3 nitrogen and oxygen atoms in total. The summed E-state index contributed by atoms with van der Waals surface area (Å²) in [5, 5.41) is 2.85. The number of aryl methyl sites for hydroxylation is 2. The first-order valence-corrected chi connectivity index (χ1v) is 7.97. The van der Waals surface area contributed by atoms with Crippen LogP contribution in [-0.2, 0) is 4.79 Å². The summed E-state index contributed by atoms with van der Waals surface area (Å²) in [6.45, 7) is 4.01. The van der Waals surface area contributed by atoms with Gasteiger partial charge in [-0.25, -0.2) is 0 Å². The Morgan fingerprint density at radius 2 is 1.73 bits per heavy atom. The summed E-state index contributed by atoms with van der Waals surface area (Å²) >= 11 is 2.23. The van der Waals surface area contributed by atoms with E-state index in [1.807, 2.05) is 56.3 Å². The lowest BCUT2D eigenvalue weighted by atomic mass is 10.0. The maximum absolute atomic E-state index is 12.0. The number of amides is 1. The largest absolute Gasteiger partial charge is 0.497 e. The second-order valence-corrected chi connectivity index (χ2v) is 6.25. The van der Waals surface area contributed by atoms with Crippen LogP contribution in [0.25, 0.3) is 6.08 Å². The summed E-state index contributed by atoms with van der Waals surface area (Å²) < 4.78 is 6.38. The van der Waals surface area contributed by atoms with Crippen LogP contribution in [-0.4, -0.2) is 13.0 Å². The van der Waals surface area contributed by atoms with E-state index in [1.165, 1.54) is 0 Å². The van der Waals surface area contributed by atoms with Gasteiger partial charge in [-0.15, -0.1) is 0 Å². The van der Waals surface area contributed by atoms with Crippen molar-refractivity contribution >= 4 is 40.3 Å². The Labute approximate surface area is 144 Å². The van der Waals surface area contributed by atoms with E-state index in [0.29, 0.717) is 0 Å². The summed E-state index contributed by atoms with van der Waals surface area (Å²) in [5.74, 6) is 0.686. The molecule has 0 unspecified atom stereocenters. The zero-order valence-corrected chi connectivity index (χ0v) is 15.0. The maximum atomic E-state index is 12.0. The Bertz CT molecular complexity index is 683. The Morgan fingerprint density at radius 3 is 2.27 bits per heavy atom. The minimum absolute atomic E-state index is 0.143. The van der Waals surface area contributed by atoms with Gasteiger partial charge in [0, 0.05) is 15.3 Å². The molecule has 0 aromatic heterocycles. The normalized spacial score (nSPS) is 10.7. The molecule has 0 saturated carbocycles. The highest BCUT2D eigenvalue weighted by Gasteiger charge is 2.04. The van der Waals surface area contributed by atoms with Crippen molar-refractivity contribution in [1.29, 1.82) is 0 Å². The van der Waals surface area contributed by atoms with Gasteiger partial charge in [0.15, 0.2) is 0 Å². The van der Waals surface area contributed by atoms with Gasteiger partial charge < -0.3 is 10.1 Å². The molecule has 1 amide bonds. The van der Waals surface area contributed by atoms with Gasteiger partial charge in [-0.3, -0.25) is 4.79 Å². The fourth-order valence-electron chi connectivity index (χ4n) is 2.19. The standard InChI is InChI=1S/C18H18INO2/c1-12-10-16(22-3)11-13(2)17(12)8-9-18(21)20-15-6-4-14(19)5-7-15/h4-11H,1-3H3,(H,20,21)/b9-8+. The summed E-state index contributed by atoms with van der Waals surface area (Å²) in [7, 11) is 1.65. The second kappa shape index (κ2) is 7.45. The average molecular weight is 407 g/mol. The third-order valence-electron chi connectivity index (χ3n) is 3.32. The highest BCUT2D eigenvalue weighted by molar-refractivity contribution is 14.1. The SMILES string of the molecule is COc1cc(C)c(/C=C/C(=O)Nc2ccc(I)cc2)c(C)c1. The Morgan fingerprint density at radius 1 is 1.14 bits per heavy atom. The molecule has 2 aromatic rings. The van der Waals surface area contributed by atoms with E-state index in [-0.39, 0.29) is 5.91 Å². The summed E-state index contributed by atoms with van der Waals surface area (Å²) in [6, 6.07) is 11.6. The molecule has 22 heavy (non-hydrogen) atoms. The van der Waals surface area contributed by atoms with Crippen molar-refractivity contribution in [3.05, 3.63) is 62.7 Å². The zero-order chi connectivity index (χ0) is 16.1. The van der Waals surface area contributed by atoms with E-state index in [2.05, 4.69) is 27.9 Å². The summed E-state index contributed by atoms with van der Waals surface area (Å²) in [6.07, 6.45) is 3.39. The van der Waals surface area contributed by atoms with Crippen LogP contribution >= 0.6 is 22.6 Å². The van der Waals surface area contributed by atoms with E-state index >= 15 is 0 Å². The number of carbonyl (C=O) groups is 1. The Balaban J connectivity index is 2.11. The zero-order valence-electron chi connectivity index (χ0n) is 12.8. The fraction of sp³-hybridized carbons (Fsp3) is 0.167. The smallest absolute Gasteiger partial charge is 0.248 e. The van der Waals surface area contributed by atoms with Crippen LogP contribution in [0.2, 0.25) is 0 Å². The molecule has 2 rings (SSSR count). The molecular formula is C18H18INO2. The van der Waals surface area contributed by atoms with Gasteiger partial charge in [0.2, 0.25) is 5.91 Å². The predicted molar refractivity (Wildman–Crippen MR) is 99.3 cm³/mol. The highest BCUT2D eigenvalue weighted by atomic mass is 127. The van der Waals surface area contributed by atoms with Crippen molar-refractivity contribution in [2.75, 3.05) is 12.4 Å². The van der Waals surface area contributed by atoms with E-state index in [9.17, 15) is 4.79 Å². The molecule has 0 spiro atoms. The third-order valence-corrected chi connectivity index (χ3v) is 4.04. The van der Waals surface area contributed by atoms with Gasteiger partial charge in [-0.1, -0.05) is 0 Å². The van der Waals surface area contributed by atoms with Crippen LogP contribution in [0.4, 0.5) is 5.69 Å². The molecule has 4 heteroatoms. The topological polar surface area (TPSA) is 38.3 Å². The van der Waals surface area contributed by atoms with Gasteiger partial charge in [-0.05, 0) is 95.6 Å². The molecule has 0 heterocycles. The van der Waals surface area contributed by atoms with Crippen LogP contribution in [0.1, 0.15) is 16.7 Å². The third kappa shape index (κ3) is 4.34. The molecule has 0 saturated heterocycles. The van der Waals surface area contributed by atoms with Crippen molar-refractivity contribution in [2.45, 2.75) is 13.8 Å². The number of methoxy groups -OCH3 is 1. The minimum atomic E-state index is -0.143. The van der Waals surface area contributed by atoms with Gasteiger partial charge in [-0.2, -0.15) is 0 Å². The lowest BCUT2D eigenvalue weighted by Crippen LogP contribution is -2.07. The van der Waals surface area contributed by atoms with Gasteiger partial charge in [0.25, 0.3) is 0 Å². The fourth-order valence-corrected chi connectivity index (χ4v) is 2.55. The van der Waals surface area contributed by atoms with Crippen LogP contribution in [0.3, 0.4) is 0 Å². The first-order chi connectivity index (χ1) is 10.5. The average Bonchev–Trinajstić information content (AvgIpc) is 2.48. The molecular weight excluding hydrogens is 389 g/mol. The molecule has 0 aliphatic heterocycles. The maximum Gasteiger partial charge on any atom is 0.248 e. The lowest BCUT2D eigenvalue weighted by Gasteiger charge is -2.09. The minimum Gasteiger partial charge on any atom is -0.497 e. The van der Waals surface area contributed by atoms with Crippen molar-refractivity contribution in [3.63, 3.8) is 0 Å². The molecule has 1 N–H and O–H groups in total. The van der Waals surface area contributed by atoms with E-state index < -0.39 is 0 Å². The number of anilines is 1. The second-order valence-electron chi connectivity index (χ2n) is 5.00. The molecule has 0 fully saturated rings. The molecule has 0 bridgehead atoms. The van der Waals surface area contributed by atoms with Crippen molar-refractivity contribution in [1.82, 2.24) is 0 Å². The molecule has 0 aliphatic rings. The van der Waals surface area contributed by atoms with Crippen LogP contribution < -0.4 is 10.1 Å². The Hall–Kier alpha value is -1.82. The molecule has 2 aromatic carbocycles. The number of benzene rings is 2. The molecule has 0 radical (unpaired) electrons. The number of hydrogen-bond acceptors (Lipinski definition) is 2. The summed E-state index contributed by atoms with van der Waals surface area (Å²) in [4.78, 5) is 12.0. The molecule has 0 atom stereocenters. The van der Waals surface area contributed by atoms with Crippen molar-refractivity contribution in [2.24, 2.45) is 0 Å². The number of hydrogen-bond donors (Lipinski definition) is 1. The van der Waals surface area contributed by atoms with Crippen LogP contribution in [0.15, 0.2) is 42.5 Å². The van der Waals surface area contributed by atoms with Crippen molar-refractivity contribution in [3.8, 4) is 5.75 Å². The first-order valence-electron chi connectivity index (χ1n) is 6.89. The van der Waals surface area contributed by atoms with Crippen molar-refractivity contribution < 1.29 is 9.53 Å². The Kier molecular flexibility index (Phi) is 5.60. The summed E-state index contributed by atoms with van der Waals surface area (Å²) in [5.41, 5.74) is 3.99. The molecule has 114 valence electrons. The highest BCUT2D eigenvalue weighted by Crippen LogP contribution is 2.22. The monoisotopic (exact) mass is 407 g/mol. The van der Waals surface area contributed by atoms with Crippen LogP contribution in [0.5, 0.6) is 5.75 Å². The number of rotatable bonds is 4. The van der Waals surface area contributed by atoms with E-state index in [4.69, 9.17) is 4.74 Å². The predicted octanol–water partition coefficient (Wildman–Crippen LogP) is 4.57. The lowest BCUT2D eigenvalue weighted by molar-refractivity contribution is -0.111. The number of nitrogens with one attached hydrogen (secondary N) is 1. The van der Waals surface area contributed by atoms with Gasteiger partial charge in [0.1, 0.15) is 5.75 Å². The first kappa shape index (κ1) is 16.5. The quantitative estimate of drug-likeness (QED) is 0.596. The molecule has 0 aliphatic carbocycles. The number of carbonyl (C=O) groups excluding carboxylic acids is 1. The number of ether oxygens (including phenoxy) is 1. The van der Waals surface area contributed by atoms with E-state index in [1.54, 1.807) is 13.2 Å².